The van der Waals surface area contributed by atoms with Gasteiger partial charge in [0.1, 0.15) is 16.8 Å². The van der Waals surface area contributed by atoms with Gasteiger partial charge in [-0.25, -0.2) is 12.8 Å². The minimum Gasteiger partial charge on any atom is -0.347 e. The third kappa shape index (κ3) is 3.77. The SMILES string of the molecule is CC(C)[C@H](NS(=O)(=O)c1ccccc1F)C(=O)N(C)C. The third-order valence-corrected chi connectivity index (χ3v) is 4.26. The zero-order chi connectivity index (χ0) is 15.5. The van der Waals surface area contributed by atoms with Crippen molar-refractivity contribution in [1.29, 1.82) is 0 Å². The summed E-state index contributed by atoms with van der Waals surface area (Å²) in [6, 6.07) is 4.12. The van der Waals surface area contributed by atoms with Crippen molar-refractivity contribution < 1.29 is 17.6 Å². The van der Waals surface area contributed by atoms with E-state index in [1.165, 1.54) is 31.1 Å². The normalized spacial score (nSPS) is 13.3. The molecule has 0 heterocycles. The number of likely N-dealkylation sites (N-methyl/N-ethyl adjacent to an activating group) is 1. The van der Waals surface area contributed by atoms with E-state index >= 15 is 0 Å². The Labute approximate surface area is 118 Å². The molecule has 0 saturated carbocycles. The van der Waals surface area contributed by atoms with Gasteiger partial charge in [-0.3, -0.25) is 4.79 Å². The first-order valence-corrected chi connectivity index (χ1v) is 7.63. The molecule has 112 valence electrons. The monoisotopic (exact) mass is 302 g/mol. The first-order valence-electron chi connectivity index (χ1n) is 6.15. The number of benzene rings is 1. The van der Waals surface area contributed by atoms with E-state index in [0.29, 0.717) is 0 Å². The lowest BCUT2D eigenvalue weighted by atomic mass is 10.0. The maximum atomic E-state index is 13.6. The van der Waals surface area contributed by atoms with Gasteiger partial charge in [-0.05, 0) is 18.1 Å². The second kappa shape index (κ2) is 6.32. The summed E-state index contributed by atoms with van der Waals surface area (Å²) < 4.78 is 40.2. The molecule has 1 amide bonds. The molecule has 1 N–H and O–H groups in total. The Balaban J connectivity index is 3.11. The molecule has 0 aliphatic heterocycles. The van der Waals surface area contributed by atoms with E-state index < -0.39 is 26.8 Å². The number of rotatable bonds is 5. The molecule has 20 heavy (non-hydrogen) atoms. The molecule has 0 spiro atoms. The summed E-state index contributed by atoms with van der Waals surface area (Å²) in [6.07, 6.45) is 0. The summed E-state index contributed by atoms with van der Waals surface area (Å²) in [5.74, 6) is -1.48. The zero-order valence-electron chi connectivity index (χ0n) is 11.9. The van der Waals surface area contributed by atoms with Crippen LogP contribution in [0.2, 0.25) is 0 Å². The van der Waals surface area contributed by atoms with E-state index in [4.69, 9.17) is 0 Å². The van der Waals surface area contributed by atoms with Crippen LogP contribution in [0.15, 0.2) is 29.2 Å². The molecule has 0 aromatic heterocycles. The maximum absolute atomic E-state index is 13.6. The first kappa shape index (κ1) is 16.6. The highest BCUT2D eigenvalue weighted by molar-refractivity contribution is 7.89. The largest absolute Gasteiger partial charge is 0.347 e. The van der Waals surface area contributed by atoms with Crippen LogP contribution in [0.25, 0.3) is 0 Å². The highest BCUT2D eigenvalue weighted by Gasteiger charge is 2.30. The fourth-order valence-corrected chi connectivity index (χ4v) is 3.06. The van der Waals surface area contributed by atoms with Gasteiger partial charge < -0.3 is 4.90 Å². The van der Waals surface area contributed by atoms with E-state index in [-0.39, 0.29) is 11.8 Å². The van der Waals surface area contributed by atoms with E-state index in [9.17, 15) is 17.6 Å². The smallest absolute Gasteiger partial charge is 0.244 e. The molecular weight excluding hydrogens is 283 g/mol. The van der Waals surface area contributed by atoms with Crippen LogP contribution in [0.3, 0.4) is 0 Å². The second-order valence-corrected chi connectivity index (χ2v) is 6.69. The van der Waals surface area contributed by atoms with Crippen LogP contribution in [0.4, 0.5) is 4.39 Å². The lowest BCUT2D eigenvalue weighted by molar-refractivity contribution is -0.131. The molecule has 5 nitrogen and oxygen atoms in total. The van der Waals surface area contributed by atoms with Crippen LogP contribution in [-0.4, -0.2) is 39.4 Å². The van der Waals surface area contributed by atoms with Crippen LogP contribution in [0.1, 0.15) is 13.8 Å². The fraction of sp³-hybridized carbons (Fsp3) is 0.462. The van der Waals surface area contributed by atoms with Gasteiger partial charge >= 0.3 is 0 Å². The van der Waals surface area contributed by atoms with Crippen molar-refractivity contribution in [2.75, 3.05) is 14.1 Å². The number of carbonyl (C=O) groups excluding carboxylic acids is 1. The predicted octanol–water partition coefficient (Wildman–Crippen LogP) is 1.22. The summed E-state index contributed by atoms with van der Waals surface area (Å²) >= 11 is 0. The summed E-state index contributed by atoms with van der Waals surface area (Å²) in [5.41, 5.74) is 0. The van der Waals surface area contributed by atoms with Gasteiger partial charge in [0.05, 0.1) is 0 Å². The minimum atomic E-state index is -4.09. The molecule has 0 unspecified atom stereocenters. The summed E-state index contributed by atoms with van der Waals surface area (Å²) in [4.78, 5) is 12.8. The maximum Gasteiger partial charge on any atom is 0.244 e. The summed E-state index contributed by atoms with van der Waals surface area (Å²) in [7, 11) is -1.01. The molecule has 1 aromatic rings. The number of nitrogens with one attached hydrogen (secondary N) is 1. The van der Waals surface area contributed by atoms with Crippen LogP contribution in [0, 0.1) is 11.7 Å². The lowest BCUT2D eigenvalue weighted by Crippen LogP contribution is -2.49. The van der Waals surface area contributed by atoms with Crippen molar-refractivity contribution in [3.63, 3.8) is 0 Å². The quantitative estimate of drug-likeness (QED) is 0.889. The molecule has 1 atom stereocenters. The van der Waals surface area contributed by atoms with Gasteiger partial charge in [0.15, 0.2) is 0 Å². The van der Waals surface area contributed by atoms with Crippen molar-refractivity contribution in [1.82, 2.24) is 9.62 Å². The lowest BCUT2D eigenvalue weighted by Gasteiger charge is -2.24. The second-order valence-electron chi connectivity index (χ2n) is 5.01. The van der Waals surface area contributed by atoms with E-state index in [1.54, 1.807) is 13.8 Å². The Bertz CT molecular complexity index is 585. The molecule has 0 aliphatic carbocycles. The van der Waals surface area contributed by atoms with Crippen molar-refractivity contribution in [2.45, 2.75) is 24.8 Å². The van der Waals surface area contributed by atoms with Gasteiger partial charge in [-0.2, -0.15) is 4.72 Å². The van der Waals surface area contributed by atoms with Crippen molar-refractivity contribution in [2.24, 2.45) is 5.92 Å². The summed E-state index contributed by atoms with van der Waals surface area (Å²) in [5, 5.41) is 0. The highest BCUT2D eigenvalue weighted by atomic mass is 32.2. The Kier molecular flexibility index (Phi) is 5.24. The van der Waals surface area contributed by atoms with Crippen LogP contribution in [0.5, 0.6) is 0 Å². The number of sulfonamides is 1. The van der Waals surface area contributed by atoms with Crippen LogP contribution >= 0.6 is 0 Å². The molecule has 7 heteroatoms. The van der Waals surface area contributed by atoms with Gasteiger partial charge in [0.2, 0.25) is 15.9 Å². The highest BCUT2D eigenvalue weighted by Crippen LogP contribution is 2.16. The molecule has 0 saturated heterocycles. The number of halogens is 1. The predicted molar refractivity (Wildman–Crippen MR) is 74.0 cm³/mol. The van der Waals surface area contributed by atoms with Crippen molar-refractivity contribution in [3.05, 3.63) is 30.1 Å². The Hall–Kier alpha value is -1.47. The van der Waals surface area contributed by atoms with E-state index in [1.807, 2.05) is 0 Å². The third-order valence-electron chi connectivity index (χ3n) is 2.78. The van der Waals surface area contributed by atoms with Gasteiger partial charge in [0, 0.05) is 14.1 Å². The van der Waals surface area contributed by atoms with Gasteiger partial charge in [-0.15, -0.1) is 0 Å². The topological polar surface area (TPSA) is 66.5 Å². The molecule has 0 fully saturated rings. The average molecular weight is 302 g/mol. The number of carbonyl (C=O) groups is 1. The Morgan fingerprint density at radius 3 is 2.25 bits per heavy atom. The summed E-state index contributed by atoms with van der Waals surface area (Å²) in [6.45, 7) is 3.44. The molecule has 1 rings (SSSR count). The van der Waals surface area contributed by atoms with Gasteiger partial charge in [-0.1, -0.05) is 26.0 Å². The van der Waals surface area contributed by atoms with Gasteiger partial charge in [0.25, 0.3) is 0 Å². The number of amides is 1. The van der Waals surface area contributed by atoms with Crippen LogP contribution < -0.4 is 4.72 Å². The minimum absolute atomic E-state index is 0.258. The molecular formula is C13H19FN2O3S. The average Bonchev–Trinajstić information content (AvgIpc) is 2.35. The van der Waals surface area contributed by atoms with E-state index in [2.05, 4.69) is 4.72 Å². The number of nitrogens with zero attached hydrogens (tertiary/aromatic N) is 1. The molecule has 0 radical (unpaired) electrons. The Morgan fingerprint density at radius 2 is 1.80 bits per heavy atom. The molecule has 0 aliphatic rings. The van der Waals surface area contributed by atoms with Crippen LogP contribution in [-0.2, 0) is 14.8 Å². The number of hydrogen-bond acceptors (Lipinski definition) is 3. The Morgan fingerprint density at radius 1 is 1.25 bits per heavy atom. The number of hydrogen-bond donors (Lipinski definition) is 1. The van der Waals surface area contributed by atoms with Crippen molar-refractivity contribution in [3.8, 4) is 0 Å². The van der Waals surface area contributed by atoms with E-state index in [0.717, 1.165) is 12.1 Å². The fourth-order valence-electron chi connectivity index (χ4n) is 1.64. The standard InChI is InChI=1S/C13H19FN2O3S/c1-9(2)12(13(17)16(3)4)15-20(18,19)11-8-6-5-7-10(11)14/h5-9,12,15H,1-4H3/t12-/m0/s1. The van der Waals surface area contributed by atoms with Crippen molar-refractivity contribution >= 4 is 15.9 Å². The molecule has 1 aromatic carbocycles. The molecule has 0 bridgehead atoms. The zero-order valence-corrected chi connectivity index (χ0v) is 12.7. The first-order chi connectivity index (χ1) is 9.16.